The molecule has 0 aliphatic carbocycles. The van der Waals surface area contributed by atoms with E-state index in [1.165, 1.54) is 6.07 Å². The van der Waals surface area contributed by atoms with Gasteiger partial charge >= 0.3 is 0 Å². The molecule has 172 valence electrons. The van der Waals surface area contributed by atoms with Gasteiger partial charge in [-0.2, -0.15) is 5.10 Å². The Labute approximate surface area is 199 Å². The average molecular weight is 465 g/mol. The minimum absolute atomic E-state index is 0.235. The van der Waals surface area contributed by atoms with Crippen LogP contribution in [0.15, 0.2) is 67.3 Å². The second-order valence-corrected chi connectivity index (χ2v) is 8.57. The zero-order chi connectivity index (χ0) is 23.9. The van der Waals surface area contributed by atoms with Crippen molar-refractivity contribution in [3.8, 4) is 34.0 Å². The molecule has 1 aromatic carbocycles. The van der Waals surface area contributed by atoms with E-state index in [2.05, 4.69) is 35.5 Å². The lowest BCUT2D eigenvalue weighted by Gasteiger charge is -2.11. The molecule has 0 saturated heterocycles. The number of hydrogen-bond acceptors (Lipinski definition) is 6. The maximum atomic E-state index is 15.1. The third kappa shape index (κ3) is 3.76. The number of hydrogen-bond donors (Lipinski definition) is 3. The van der Waals surface area contributed by atoms with Crippen molar-refractivity contribution < 1.29 is 4.39 Å². The van der Waals surface area contributed by atoms with Gasteiger partial charge < -0.3 is 10.3 Å². The van der Waals surface area contributed by atoms with Crippen LogP contribution in [0.1, 0.15) is 13.8 Å². The number of halogens is 1. The Kier molecular flexibility index (Phi) is 4.95. The summed E-state index contributed by atoms with van der Waals surface area (Å²) >= 11 is 0. The molecule has 8 nitrogen and oxygen atoms in total. The number of rotatable bonds is 5. The van der Waals surface area contributed by atoms with E-state index in [0.717, 1.165) is 22.3 Å². The molecule has 0 atom stereocenters. The second kappa shape index (κ2) is 8.28. The van der Waals surface area contributed by atoms with Crippen molar-refractivity contribution in [2.75, 3.05) is 5.32 Å². The third-order valence-electron chi connectivity index (χ3n) is 5.69. The third-order valence-corrected chi connectivity index (χ3v) is 5.69. The van der Waals surface area contributed by atoms with Gasteiger partial charge in [0.05, 0.1) is 22.4 Å². The van der Waals surface area contributed by atoms with Gasteiger partial charge in [0.1, 0.15) is 22.7 Å². The van der Waals surface area contributed by atoms with E-state index in [1.807, 2.05) is 44.2 Å². The highest BCUT2D eigenvalue weighted by atomic mass is 19.1. The van der Waals surface area contributed by atoms with Gasteiger partial charge in [0.2, 0.25) is 0 Å². The van der Waals surface area contributed by atoms with Gasteiger partial charge in [-0.3, -0.25) is 20.1 Å². The summed E-state index contributed by atoms with van der Waals surface area (Å²) in [5.74, 6) is 0.199. The van der Waals surface area contributed by atoms with Gasteiger partial charge in [-0.1, -0.05) is 6.07 Å². The number of aromatic nitrogens is 7. The molecule has 0 aliphatic heterocycles. The molecule has 0 radical (unpaired) electrons. The van der Waals surface area contributed by atoms with Crippen LogP contribution in [0.4, 0.5) is 10.1 Å². The van der Waals surface area contributed by atoms with Crippen LogP contribution in [-0.2, 0) is 0 Å². The van der Waals surface area contributed by atoms with Crippen molar-refractivity contribution in [2.45, 2.75) is 19.9 Å². The van der Waals surface area contributed by atoms with Crippen molar-refractivity contribution in [3.63, 3.8) is 0 Å². The van der Waals surface area contributed by atoms with E-state index in [4.69, 9.17) is 4.98 Å². The predicted molar refractivity (Wildman–Crippen MR) is 134 cm³/mol. The van der Waals surface area contributed by atoms with Crippen LogP contribution in [0.5, 0.6) is 0 Å². The van der Waals surface area contributed by atoms with Crippen LogP contribution in [-0.4, -0.2) is 41.2 Å². The summed E-state index contributed by atoms with van der Waals surface area (Å²) in [7, 11) is 0. The van der Waals surface area contributed by atoms with E-state index < -0.39 is 0 Å². The van der Waals surface area contributed by atoms with Gasteiger partial charge in [0.15, 0.2) is 5.82 Å². The lowest BCUT2D eigenvalue weighted by molar-refractivity contribution is 0.632. The maximum Gasteiger partial charge on any atom is 0.159 e. The average Bonchev–Trinajstić information content (AvgIpc) is 3.47. The molecule has 9 heteroatoms. The predicted octanol–water partition coefficient (Wildman–Crippen LogP) is 5.58. The number of aromatic amines is 2. The second-order valence-electron chi connectivity index (χ2n) is 8.57. The summed E-state index contributed by atoms with van der Waals surface area (Å²) in [6, 6.07) is 12.9. The molecule has 0 bridgehead atoms. The topological polar surface area (TPSA) is 108 Å². The lowest BCUT2D eigenvalue weighted by Crippen LogP contribution is -2.09. The molecular formula is C26H21FN8. The number of imidazole rings is 1. The van der Waals surface area contributed by atoms with Crippen LogP contribution in [0, 0.1) is 5.82 Å². The fourth-order valence-corrected chi connectivity index (χ4v) is 4.18. The van der Waals surface area contributed by atoms with Gasteiger partial charge in [-0.25, -0.2) is 9.37 Å². The number of H-pyrrole nitrogens is 2. The number of anilines is 1. The minimum atomic E-state index is -0.359. The molecule has 5 aromatic heterocycles. The smallest absolute Gasteiger partial charge is 0.159 e. The highest BCUT2D eigenvalue weighted by Crippen LogP contribution is 2.34. The molecule has 3 N–H and O–H groups in total. The first kappa shape index (κ1) is 20.9. The van der Waals surface area contributed by atoms with Crippen molar-refractivity contribution in [1.29, 1.82) is 0 Å². The van der Waals surface area contributed by atoms with Crippen LogP contribution < -0.4 is 5.32 Å². The van der Waals surface area contributed by atoms with Gasteiger partial charge in [0.25, 0.3) is 0 Å². The molecule has 0 fully saturated rings. The first-order valence-corrected chi connectivity index (χ1v) is 11.2. The molecule has 6 rings (SSSR count). The molecule has 6 aromatic rings. The molecule has 0 saturated carbocycles. The summed E-state index contributed by atoms with van der Waals surface area (Å²) in [4.78, 5) is 21.3. The van der Waals surface area contributed by atoms with Gasteiger partial charge in [-0.05, 0) is 44.2 Å². The van der Waals surface area contributed by atoms with Crippen molar-refractivity contribution in [2.24, 2.45) is 0 Å². The highest BCUT2D eigenvalue weighted by molar-refractivity contribution is 5.97. The zero-order valence-electron chi connectivity index (χ0n) is 19.0. The molecule has 35 heavy (non-hydrogen) atoms. The number of nitrogens with zero attached hydrogens (tertiary/aromatic N) is 5. The van der Waals surface area contributed by atoms with E-state index >= 15 is 4.39 Å². The quantitative estimate of drug-likeness (QED) is 0.307. The maximum absolute atomic E-state index is 15.1. The van der Waals surface area contributed by atoms with Crippen LogP contribution >= 0.6 is 0 Å². The monoisotopic (exact) mass is 464 g/mol. The van der Waals surface area contributed by atoms with Crippen molar-refractivity contribution >= 4 is 27.6 Å². The highest BCUT2D eigenvalue weighted by Gasteiger charge is 2.18. The Hall–Kier alpha value is -4.66. The standard InChI is InChI=1S/C26H21FN8/c1-14(2)31-16-9-15(12-28-13-16)17-10-18-22(11-19(17)27)34-35-23(18)26-32-21-6-8-30-24(25(21)33-26)20-5-3-4-7-29-20/h3-14,31H,1-2H3,(H,32,33)(H,34,35). The minimum Gasteiger partial charge on any atom is -0.382 e. The van der Waals surface area contributed by atoms with Crippen LogP contribution in [0.2, 0.25) is 0 Å². The lowest BCUT2D eigenvalue weighted by atomic mass is 10.0. The summed E-state index contributed by atoms with van der Waals surface area (Å²) in [6.07, 6.45) is 6.82. The van der Waals surface area contributed by atoms with E-state index in [0.29, 0.717) is 39.4 Å². The number of fused-ring (bicyclic) bond motifs is 2. The Morgan fingerprint density at radius 3 is 2.69 bits per heavy atom. The number of nitrogens with one attached hydrogen (secondary N) is 3. The molecular weight excluding hydrogens is 443 g/mol. The Morgan fingerprint density at radius 1 is 0.943 bits per heavy atom. The van der Waals surface area contributed by atoms with Gasteiger partial charge in [0, 0.05) is 53.4 Å². The fraction of sp³-hybridized carbons (Fsp3) is 0.115. The molecule has 0 amide bonds. The first-order chi connectivity index (χ1) is 17.1. The van der Waals surface area contributed by atoms with Crippen molar-refractivity contribution in [1.82, 2.24) is 35.1 Å². The molecule has 0 unspecified atom stereocenters. The molecule has 0 aliphatic rings. The fourth-order valence-electron chi connectivity index (χ4n) is 4.18. The number of pyridine rings is 3. The van der Waals surface area contributed by atoms with E-state index in [-0.39, 0.29) is 11.9 Å². The number of benzene rings is 1. The summed E-state index contributed by atoms with van der Waals surface area (Å²) in [6.45, 7) is 4.08. The Bertz CT molecular complexity index is 1670. The van der Waals surface area contributed by atoms with Crippen molar-refractivity contribution in [3.05, 3.63) is 73.1 Å². The molecule has 5 heterocycles. The summed E-state index contributed by atoms with van der Waals surface area (Å²) in [5.41, 5.74) is 6.02. The summed E-state index contributed by atoms with van der Waals surface area (Å²) in [5, 5.41) is 11.4. The first-order valence-electron chi connectivity index (χ1n) is 11.2. The van der Waals surface area contributed by atoms with Crippen LogP contribution in [0.25, 0.3) is 56.0 Å². The van der Waals surface area contributed by atoms with Crippen LogP contribution in [0.3, 0.4) is 0 Å². The molecule has 0 spiro atoms. The van der Waals surface area contributed by atoms with Gasteiger partial charge in [-0.15, -0.1) is 0 Å². The Balaban J connectivity index is 1.48. The van der Waals surface area contributed by atoms with E-state index in [1.54, 1.807) is 30.9 Å². The Morgan fingerprint density at radius 2 is 1.86 bits per heavy atom. The van der Waals surface area contributed by atoms with E-state index in [9.17, 15) is 0 Å². The SMILES string of the molecule is CC(C)Nc1cncc(-c2cc3c(-c4nc5c(-c6ccccn6)nccc5[nH]4)n[nH]c3cc2F)c1. The largest absolute Gasteiger partial charge is 0.382 e. The normalized spacial score (nSPS) is 11.5. The summed E-state index contributed by atoms with van der Waals surface area (Å²) < 4.78 is 15.1. The zero-order valence-corrected chi connectivity index (χ0v) is 19.0.